The molecule has 0 bridgehead atoms. The molecule has 82 valence electrons. The van der Waals surface area contributed by atoms with E-state index in [1.54, 1.807) is 36.8 Å². The summed E-state index contributed by atoms with van der Waals surface area (Å²) < 4.78 is 0. The highest BCUT2D eigenvalue weighted by Crippen LogP contribution is 2.27. The van der Waals surface area contributed by atoms with E-state index < -0.39 is 6.04 Å². The quantitative estimate of drug-likeness (QED) is 0.896. The molecule has 0 fully saturated rings. The van der Waals surface area contributed by atoms with Gasteiger partial charge in [-0.2, -0.15) is 0 Å². The first-order chi connectivity index (χ1) is 7.68. The second-order valence-corrected chi connectivity index (χ2v) is 4.12. The Morgan fingerprint density at radius 3 is 2.62 bits per heavy atom. The van der Waals surface area contributed by atoms with Gasteiger partial charge in [-0.05, 0) is 17.7 Å². The number of hydrogen-bond donors (Lipinski definition) is 1. The summed E-state index contributed by atoms with van der Waals surface area (Å²) in [6, 6.07) is 4.82. The fraction of sp³-hybridized carbons (Fsp3) is 0.0909. The van der Waals surface area contributed by atoms with Crippen LogP contribution in [0.15, 0.2) is 36.8 Å². The molecular weight excluding hydrogens is 245 g/mol. The Labute approximate surface area is 103 Å². The largest absolute Gasteiger partial charge is 0.319 e. The molecule has 1 unspecified atom stereocenters. The third-order valence-electron chi connectivity index (χ3n) is 2.20. The third-order valence-corrected chi connectivity index (χ3v) is 2.76. The molecule has 5 heteroatoms. The van der Waals surface area contributed by atoms with Gasteiger partial charge < -0.3 is 5.73 Å². The summed E-state index contributed by atoms with van der Waals surface area (Å²) in [6.07, 6.45) is 4.81. The number of rotatable bonds is 2. The number of nitrogens with two attached hydrogens (primary N) is 1. The molecule has 2 aromatic rings. The van der Waals surface area contributed by atoms with Crippen LogP contribution in [0.4, 0.5) is 0 Å². The van der Waals surface area contributed by atoms with Gasteiger partial charge in [0.1, 0.15) is 0 Å². The molecule has 1 aromatic carbocycles. The Balaban J connectivity index is 2.38. The predicted molar refractivity (Wildman–Crippen MR) is 64.5 cm³/mol. The van der Waals surface area contributed by atoms with Gasteiger partial charge in [-0.25, -0.2) is 0 Å². The van der Waals surface area contributed by atoms with Crippen molar-refractivity contribution < 1.29 is 0 Å². The number of benzene rings is 1. The molecule has 0 saturated carbocycles. The van der Waals surface area contributed by atoms with Crippen molar-refractivity contribution in [2.24, 2.45) is 5.73 Å². The standard InChI is InChI=1S/C11H9Cl2N3/c12-7-1-2-8(9(13)5-7)11(14)10-6-15-3-4-16-10/h1-6,11H,14H2. The minimum absolute atomic E-state index is 0.390. The van der Waals surface area contributed by atoms with E-state index in [1.165, 1.54) is 0 Å². The van der Waals surface area contributed by atoms with Crippen molar-refractivity contribution in [1.82, 2.24) is 9.97 Å². The van der Waals surface area contributed by atoms with Crippen molar-refractivity contribution in [1.29, 1.82) is 0 Å². The lowest BCUT2D eigenvalue weighted by Gasteiger charge is -2.12. The third kappa shape index (κ3) is 2.32. The molecule has 16 heavy (non-hydrogen) atoms. The topological polar surface area (TPSA) is 51.8 Å². The first kappa shape index (κ1) is 11.3. The Kier molecular flexibility index (Phi) is 3.39. The van der Waals surface area contributed by atoms with Crippen LogP contribution in [0.3, 0.4) is 0 Å². The maximum Gasteiger partial charge on any atom is 0.0799 e. The van der Waals surface area contributed by atoms with Gasteiger partial charge >= 0.3 is 0 Å². The summed E-state index contributed by atoms with van der Waals surface area (Å²) in [5.41, 5.74) is 7.49. The molecule has 0 amide bonds. The zero-order valence-corrected chi connectivity index (χ0v) is 9.78. The lowest BCUT2D eigenvalue weighted by Crippen LogP contribution is -2.14. The number of halogens is 2. The van der Waals surface area contributed by atoms with Gasteiger partial charge in [0, 0.05) is 22.4 Å². The summed E-state index contributed by atoms with van der Waals surface area (Å²) in [5.74, 6) is 0. The van der Waals surface area contributed by atoms with E-state index in [0.717, 1.165) is 5.56 Å². The van der Waals surface area contributed by atoms with Gasteiger partial charge in [0.2, 0.25) is 0 Å². The normalized spacial score (nSPS) is 12.4. The van der Waals surface area contributed by atoms with Crippen LogP contribution in [0.1, 0.15) is 17.3 Å². The van der Waals surface area contributed by atoms with Crippen LogP contribution in [-0.2, 0) is 0 Å². The second-order valence-electron chi connectivity index (χ2n) is 3.27. The average molecular weight is 254 g/mol. The molecule has 0 aliphatic carbocycles. The minimum atomic E-state index is -0.390. The fourth-order valence-corrected chi connectivity index (χ4v) is 1.91. The summed E-state index contributed by atoms with van der Waals surface area (Å²) in [6.45, 7) is 0. The molecule has 1 atom stereocenters. The predicted octanol–water partition coefficient (Wildman–Crippen LogP) is 2.83. The van der Waals surface area contributed by atoms with Gasteiger partial charge in [0.25, 0.3) is 0 Å². The number of hydrogen-bond acceptors (Lipinski definition) is 3. The van der Waals surface area contributed by atoms with E-state index in [1.807, 2.05) is 0 Å². The fourth-order valence-electron chi connectivity index (χ4n) is 1.38. The van der Waals surface area contributed by atoms with Crippen molar-refractivity contribution in [2.75, 3.05) is 0 Å². The smallest absolute Gasteiger partial charge is 0.0799 e. The Morgan fingerprint density at radius 2 is 2.00 bits per heavy atom. The first-order valence-electron chi connectivity index (χ1n) is 4.65. The van der Waals surface area contributed by atoms with Gasteiger partial charge in [0.05, 0.1) is 17.9 Å². The molecule has 0 aliphatic rings. The highest BCUT2D eigenvalue weighted by molar-refractivity contribution is 6.35. The summed E-state index contributed by atoms with van der Waals surface area (Å²) in [5, 5.41) is 1.12. The summed E-state index contributed by atoms with van der Waals surface area (Å²) >= 11 is 11.9. The van der Waals surface area contributed by atoms with E-state index in [9.17, 15) is 0 Å². The molecular formula is C11H9Cl2N3. The molecule has 0 aliphatic heterocycles. The lowest BCUT2D eigenvalue weighted by atomic mass is 10.1. The van der Waals surface area contributed by atoms with Crippen LogP contribution in [0.5, 0.6) is 0 Å². The Bertz CT molecular complexity index is 488. The molecule has 1 heterocycles. The maximum atomic E-state index is 6.06. The average Bonchev–Trinajstić information content (AvgIpc) is 2.29. The van der Waals surface area contributed by atoms with E-state index in [0.29, 0.717) is 15.7 Å². The zero-order chi connectivity index (χ0) is 11.5. The van der Waals surface area contributed by atoms with Crippen molar-refractivity contribution >= 4 is 23.2 Å². The molecule has 0 spiro atoms. The molecule has 0 saturated heterocycles. The van der Waals surface area contributed by atoms with Crippen molar-refractivity contribution in [3.8, 4) is 0 Å². The van der Waals surface area contributed by atoms with Crippen LogP contribution in [-0.4, -0.2) is 9.97 Å². The molecule has 0 radical (unpaired) electrons. The van der Waals surface area contributed by atoms with E-state index in [4.69, 9.17) is 28.9 Å². The monoisotopic (exact) mass is 253 g/mol. The molecule has 1 aromatic heterocycles. The van der Waals surface area contributed by atoms with E-state index in [-0.39, 0.29) is 0 Å². The van der Waals surface area contributed by atoms with Gasteiger partial charge in [-0.15, -0.1) is 0 Å². The maximum absolute atomic E-state index is 6.06. The van der Waals surface area contributed by atoms with Crippen molar-refractivity contribution in [3.63, 3.8) is 0 Å². The van der Waals surface area contributed by atoms with Crippen LogP contribution in [0, 0.1) is 0 Å². The van der Waals surface area contributed by atoms with E-state index >= 15 is 0 Å². The van der Waals surface area contributed by atoms with Crippen molar-refractivity contribution in [3.05, 3.63) is 58.1 Å². The number of nitrogens with zero attached hydrogens (tertiary/aromatic N) is 2. The second kappa shape index (κ2) is 4.78. The van der Waals surface area contributed by atoms with Gasteiger partial charge in [-0.3, -0.25) is 9.97 Å². The Morgan fingerprint density at radius 1 is 1.19 bits per heavy atom. The summed E-state index contributed by atoms with van der Waals surface area (Å²) in [7, 11) is 0. The lowest BCUT2D eigenvalue weighted by molar-refractivity contribution is 0.818. The molecule has 2 N–H and O–H groups in total. The summed E-state index contributed by atoms with van der Waals surface area (Å²) in [4.78, 5) is 8.11. The van der Waals surface area contributed by atoms with E-state index in [2.05, 4.69) is 9.97 Å². The van der Waals surface area contributed by atoms with Crippen LogP contribution >= 0.6 is 23.2 Å². The van der Waals surface area contributed by atoms with Crippen LogP contribution < -0.4 is 5.73 Å². The SMILES string of the molecule is NC(c1cnccn1)c1ccc(Cl)cc1Cl. The highest BCUT2D eigenvalue weighted by Gasteiger charge is 2.13. The van der Waals surface area contributed by atoms with Gasteiger partial charge in [0.15, 0.2) is 0 Å². The molecule has 3 nitrogen and oxygen atoms in total. The van der Waals surface area contributed by atoms with Crippen LogP contribution in [0.25, 0.3) is 0 Å². The zero-order valence-electron chi connectivity index (χ0n) is 8.27. The minimum Gasteiger partial charge on any atom is -0.319 e. The first-order valence-corrected chi connectivity index (χ1v) is 5.40. The van der Waals surface area contributed by atoms with Gasteiger partial charge in [-0.1, -0.05) is 29.3 Å². The Hall–Kier alpha value is -1.16. The van der Waals surface area contributed by atoms with Crippen molar-refractivity contribution in [2.45, 2.75) is 6.04 Å². The van der Waals surface area contributed by atoms with Crippen LogP contribution in [0.2, 0.25) is 10.0 Å². The number of aromatic nitrogens is 2. The highest BCUT2D eigenvalue weighted by atomic mass is 35.5. The molecule has 2 rings (SSSR count).